The summed E-state index contributed by atoms with van der Waals surface area (Å²) < 4.78 is 7.40. The van der Waals surface area contributed by atoms with Gasteiger partial charge < -0.3 is 10.1 Å². The normalized spacial score (nSPS) is 10.5. The maximum atomic E-state index is 12.6. The number of hydrogen-bond donors (Lipinski definition) is 1. The number of rotatable bonds is 7. The van der Waals surface area contributed by atoms with Gasteiger partial charge in [0, 0.05) is 30.8 Å². The van der Waals surface area contributed by atoms with Crippen molar-refractivity contribution < 1.29 is 14.3 Å². The molecule has 160 valence electrons. The number of esters is 1. The van der Waals surface area contributed by atoms with Gasteiger partial charge >= 0.3 is 5.97 Å². The van der Waals surface area contributed by atoms with Gasteiger partial charge in [-0.1, -0.05) is 60.7 Å². The Labute approximate surface area is 186 Å². The number of nitrogens with one attached hydrogen (secondary N) is 1. The zero-order valence-corrected chi connectivity index (χ0v) is 17.7. The molecule has 6 nitrogen and oxygen atoms in total. The highest BCUT2D eigenvalue weighted by Crippen LogP contribution is 2.24. The second kappa shape index (κ2) is 9.75. The first kappa shape index (κ1) is 21.1. The van der Waals surface area contributed by atoms with E-state index in [4.69, 9.17) is 9.84 Å². The van der Waals surface area contributed by atoms with Crippen LogP contribution < -0.4 is 5.32 Å². The average molecular weight is 425 g/mol. The molecule has 32 heavy (non-hydrogen) atoms. The quantitative estimate of drug-likeness (QED) is 0.442. The summed E-state index contributed by atoms with van der Waals surface area (Å²) in [4.78, 5) is 23.6. The molecule has 0 radical (unpaired) electrons. The molecule has 0 aliphatic rings. The summed E-state index contributed by atoms with van der Waals surface area (Å²) in [5, 5.41) is 7.47. The smallest absolute Gasteiger partial charge is 0.338 e. The van der Waals surface area contributed by atoms with E-state index in [1.807, 2.05) is 66.9 Å². The highest BCUT2D eigenvalue weighted by Gasteiger charge is 2.15. The van der Waals surface area contributed by atoms with Crippen LogP contribution in [-0.4, -0.2) is 21.7 Å². The monoisotopic (exact) mass is 425 g/mol. The highest BCUT2D eigenvalue weighted by molar-refractivity contribution is 5.89. The first-order valence-corrected chi connectivity index (χ1v) is 10.3. The Morgan fingerprint density at radius 1 is 0.906 bits per heavy atom. The summed E-state index contributed by atoms with van der Waals surface area (Å²) in [6, 6.07) is 26.6. The van der Waals surface area contributed by atoms with Crippen molar-refractivity contribution in [1.82, 2.24) is 15.1 Å². The van der Waals surface area contributed by atoms with Crippen molar-refractivity contribution in [1.29, 1.82) is 0 Å². The molecular weight excluding hydrogens is 402 g/mol. The minimum Gasteiger partial charge on any atom is -0.457 e. The van der Waals surface area contributed by atoms with Crippen LogP contribution in [0, 0.1) is 0 Å². The largest absolute Gasteiger partial charge is 0.457 e. The topological polar surface area (TPSA) is 73.2 Å². The molecule has 4 rings (SSSR count). The Balaban J connectivity index is 1.51. The lowest BCUT2D eigenvalue weighted by Crippen LogP contribution is -2.18. The second-order valence-electron chi connectivity index (χ2n) is 7.33. The Bertz CT molecular complexity index is 1200. The minimum atomic E-state index is -0.414. The summed E-state index contributed by atoms with van der Waals surface area (Å²) in [6.07, 6.45) is 1.89. The predicted molar refractivity (Wildman–Crippen MR) is 122 cm³/mol. The number of carbonyl (C=O) groups is 2. The fourth-order valence-corrected chi connectivity index (χ4v) is 3.28. The molecule has 0 bridgehead atoms. The predicted octanol–water partition coefficient (Wildman–Crippen LogP) is 4.53. The highest BCUT2D eigenvalue weighted by atomic mass is 16.5. The number of hydrogen-bond acceptors (Lipinski definition) is 4. The number of benzene rings is 3. The molecule has 1 amide bonds. The van der Waals surface area contributed by atoms with Gasteiger partial charge in [0.1, 0.15) is 6.61 Å². The van der Waals surface area contributed by atoms with E-state index in [1.54, 1.807) is 28.9 Å². The molecule has 0 saturated heterocycles. The molecule has 1 aromatic heterocycles. The molecule has 1 N–H and O–H groups in total. The van der Waals surface area contributed by atoms with E-state index in [0.717, 1.165) is 28.1 Å². The Hall–Kier alpha value is -4.19. The van der Waals surface area contributed by atoms with Crippen molar-refractivity contribution in [2.75, 3.05) is 0 Å². The summed E-state index contributed by atoms with van der Waals surface area (Å²) in [5.41, 5.74) is 4.83. The summed E-state index contributed by atoms with van der Waals surface area (Å²) in [7, 11) is 0. The SMILES string of the molecule is CC(=O)NCc1ccc(C(=O)OCc2cn(-c3ccccc3)nc2-c2ccccc2)cc1. The van der Waals surface area contributed by atoms with Crippen LogP contribution in [0.5, 0.6) is 0 Å². The zero-order valence-electron chi connectivity index (χ0n) is 17.7. The van der Waals surface area contributed by atoms with Crippen LogP contribution in [-0.2, 0) is 22.7 Å². The zero-order chi connectivity index (χ0) is 22.3. The van der Waals surface area contributed by atoms with E-state index < -0.39 is 5.97 Å². The maximum absolute atomic E-state index is 12.6. The number of ether oxygens (including phenoxy) is 1. The van der Waals surface area contributed by atoms with Gasteiger partial charge in [-0.05, 0) is 29.8 Å². The van der Waals surface area contributed by atoms with E-state index in [2.05, 4.69) is 5.32 Å². The number of carbonyl (C=O) groups excluding carboxylic acids is 2. The lowest BCUT2D eigenvalue weighted by atomic mass is 10.1. The standard InChI is InChI=1S/C26H23N3O3/c1-19(30)27-16-20-12-14-22(15-13-20)26(31)32-18-23-17-29(24-10-6-3-7-11-24)28-25(23)21-8-4-2-5-9-21/h2-15,17H,16,18H2,1H3,(H,27,30). The fraction of sp³-hybridized carbons (Fsp3) is 0.115. The van der Waals surface area contributed by atoms with E-state index in [1.165, 1.54) is 6.92 Å². The van der Waals surface area contributed by atoms with Crippen LogP contribution in [0.4, 0.5) is 0 Å². The van der Waals surface area contributed by atoms with Gasteiger partial charge in [0.25, 0.3) is 0 Å². The van der Waals surface area contributed by atoms with Crippen LogP contribution in [0.1, 0.15) is 28.4 Å². The van der Waals surface area contributed by atoms with Gasteiger partial charge in [0.2, 0.25) is 5.91 Å². The van der Waals surface area contributed by atoms with Crippen molar-refractivity contribution in [2.24, 2.45) is 0 Å². The lowest BCUT2D eigenvalue weighted by molar-refractivity contribution is -0.119. The lowest BCUT2D eigenvalue weighted by Gasteiger charge is -2.07. The number of aromatic nitrogens is 2. The first-order chi connectivity index (χ1) is 15.6. The third-order valence-electron chi connectivity index (χ3n) is 4.95. The second-order valence-corrected chi connectivity index (χ2v) is 7.33. The number of para-hydroxylation sites is 1. The Morgan fingerprint density at radius 2 is 1.56 bits per heavy atom. The van der Waals surface area contributed by atoms with Gasteiger partial charge in [-0.25, -0.2) is 9.48 Å². The van der Waals surface area contributed by atoms with E-state index >= 15 is 0 Å². The van der Waals surface area contributed by atoms with E-state index in [0.29, 0.717) is 12.1 Å². The molecule has 3 aromatic carbocycles. The van der Waals surface area contributed by atoms with Gasteiger partial charge in [-0.3, -0.25) is 4.79 Å². The number of amides is 1. The van der Waals surface area contributed by atoms with Crippen molar-refractivity contribution in [3.63, 3.8) is 0 Å². The molecule has 1 heterocycles. The van der Waals surface area contributed by atoms with E-state index in [9.17, 15) is 9.59 Å². The molecule has 0 spiro atoms. The van der Waals surface area contributed by atoms with Crippen LogP contribution in [0.3, 0.4) is 0 Å². The molecule has 4 aromatic rings. The van der Waals surface area contributed by atoms with Gasteiger partial charge in [0.05, 0.1) is 16.9 Å². The first-order valence-electron chi connectivity index (χ1n) is 10.3. The average Bonchev–Trinajstić information content (AvgIpc) is 3.27. The maximum Gasteiger partial charge on any atom is 0.338 e. The van der Waals surface area contributed by atoms with Gasteiger partial charge in [0.15, 0.2) is 0 Å². The van der Waals surface area contributed by atoms with Crippen molar-refractivity contribution in [2.45, 2.75) is 20.1 Å². The number of nitrogens with zero attached hydrogens (tertiary/aromatic N) is 2. The van der Waals surface area contributed by atoms with Crippen LogP contribution in [0.15, 0.2) is 91.1 Å². The van der Waals surface area contributed by atoms with E-state index in [-0.39, 0.29) is 12.5 Å². The third kappa shape index (κ3) is 5.10. The molecular formula is C26H23N3O3. The van der Waals surface area contributed by atoms with Crippen LogP contribution >= 0.6 is 0 Å². The van der Waals surface area contributed by atoms with Crippen molar-refractivity contribution in [3.8, 4) is 16.9 Å². The van der Waals surface area contributed by atoms with Gasteiger partial charge in [-0.2, -0.15) is 5.10 Å². The molecule has 0 fully saturated rings. The molecule has 0 atom stereocenters. The Kier molecular flexibility index (Phi) is 6.41. The fourth-order valence-electron chi connectivity index (χ4n) is 3.28. The third-order valence-corrected chi connectivity index (χ3v) is 4.95. The summed E-state index contributed by atoms with van der Waals surface area (Å²) in [5.74, 6) is -0.513. The minimum absolute atomic E-state index is 0.0984. The molecule has 0 saturated carbocycles. The molecule has 6 heteroatoms. The summed E-state index contributed by atoms with van der Waals surface area (Å²) in [6.45, 7) is 1.99. The van der Waals surface area contributed by atoms with Gasteiger partial charge in [-0.15, -0.1) is 0 Å². The Morgan fingerprint density at radius 3 is 2.22 bits per heavy atom. The molecule has 0 aliphatic heterocycles. The summed E-state index contributed by atoms with van der Waals surface area (Å²) >= 11 is 0. The molecule has 0 unspecified atom stereocenters. The molecule has 0 aliphatic carbocycles. The van der Waals surface area contributed by atoms with Crippen molar-refractivity contribution in [3.05, 3.63) is 108 Å². The van der Waals surface area contributed by atoms with Crippen LogP contribution in [0.25, 0.3) is 16.9 Å². The van der Waals surface area contributed by atoms with Crippen LogP contribution in [0.2, 0.25) is 0 Å². The van der Waals surface area contributed by atoms with Crippen molar-refractivity contribution >= 4 is 11.9 Å².